The number of hydrogen-bond donors (Lipinski definition) is 3. The van der Waals surface area contributed by atoms with E-state index in [-0.39, 0.29) is 23.6 Å². The molecule has 0 unspecified atom stereocenters. The molecule has 1 atom stereocenters. The zero-order chi connectivity index (χ0) is 28.7. The van der Waals surface area contributed by atoms with E-state index in [1.165, 1.54) is 0 Å². The third-order valence-corrected chi connectivity index (χ3v) is 7.88. The first-order chi connectivity index (χ1) is 19.3. The number of aryl methyl sites for hydroxylation is 2. The van der Waals surface area contributed by atoms with E-state index in [2.05, 4.69) is 14.9 Å². The molecule has 0 amide bonds. The highest BCUT2D eigenvalue weighted by molar-refractivity contribution is 6.09. The summed E-state index contributed by atoms with van der Waals surface area (Å²) < 4.78 is 43.9. The minimum atomic E-state index is -4.61. The van der Waals surface area contributed by atoms with E-state index in [9.17, 15) is 23.1 Å². The summed E-state index contributed by atoms with van der Waals surface area (Å²) in [7, 11) is 0. The maximum Gasteiger partial charge on any atom is 0.417 e. The van der Waals surface area contributed by atoms with Crippen molar-refractivity contribution in [3.63, 3.8) is 0 Å². The number of rotatable bonds is 14. The molecule has 3 N–H and O–H groups in total. The Morgan fingerprint density at radius 2 is 1.62 bits per heavy atom. The van der Waals surface area contributed by atoms with Crippen molar-refractivity contribution in [2.75, 3.05) is 13.2 Å². The van der Waals surface area contributed by atoms with Crippen molar-refractivity contribution < 1.29 is 18.3 Å². The van der Waals surface area contributed by atoms with Crippen molar-refractivity contribution in [3.8, 4) is 0 Å². The van der Waals surface area contributed by atoms with E-state index >= 15 is 0 Å². The molecule has 0 radical (unpaired) electrons. The van der Waals surface area contributed by atoms with Gasteiger partial charge in [0.15, 0.2) is 0 Å². The van der Waals surface area contributed by atoms with Gasteiger partial charge in [-0.25, -0.2) is 0 Å². The molecule has 2 aromatic heterocycles. The molecule has 5 nitrogen and oxygen atoms in total. The number of hydrogen-bond acceptors (Lipinski definition) is 3. The molecule has 216 valence electrons. The number of pyridine rings is 1. The lowest BCUT2D eigenvalue weighted by Gasteiger charge is -2.16. The van der Waals surface area contributed by atoms with Crippen LogP contribution < -0.4 is 10.9 Å². The second kappa shape index (κ2) is 13.5. The smallest absolute Gasteiger partial charge is 0.394 e. The molecule has 40 heavy (non-hydrogen) atoms. The number of aliphatic hydroxyl groups is 1. The first-order valence-electron chi connectivity index (χ1n) is 14.4. The van der Waals surface area contributed by atoms with Crippen LogP contribution in [0.3, 0.4) is 0 Å². The highest BCUT2D eigenvalue weighted by Gasteiger charge is 2.34. The topological polar surface area (TPSA) is 70.0 Å². The van der Waals surface area contributed by atoms with Crippen molar-refractivity contribution in [2.24, 2.45) is 0 Å². The Hall–Kier alpha value is -3.10. The number of benzene rings is 2. The van der Waals surface area contributed by atoms with Gasteiger partial charge in [-0.15, -0.1) is 0 Å². The molecule has 0 spiro atoms. The summed E-state index contributed by atoms with van der Waals surface area (Å²) >= 11 is 0. The number of aromatic nitrogens is 2. The average molecular weight is 556 g/mol. The molecule has 0 saturated heterocycles. The number of aliphatic hydroxyl groups excluding tert-OH is 1. The number of unbranched alkanes of at least 4 members (excludes halogenated alkanes) is 6. The van der Waals surface area contributed by atoms with Crippen molar-refractivity contribution in [3.05, 3.63) is 81.3 Å². The largest absolute Gasteiger partial charge is 0.417 e. The first-order valence-corrected chi connectivity index (χ1v) is 14.4. The maximum atomic E-state index is 13.9. The molecule has 0 saturated carbocycles. The van der Waals surface area contributed by atoms with Crippen molar-refractivity contribution in [2.45, 2.75) is 84.0 Å². The number of nitrogens with zero attached hydrogens (tertiary/aromatic N) is 1. The van der Waals surface area contributed by atoms with Crippen LogP contribution in [-0.4, -0.2) is 27.8 Å². The summed E-state index contributed by atoms with van der Waals surface area (Å²) in [4.78, 5) is 14.5. The van der Waals surface area contributed by atoms with Gasteiger partial charge in [0.05, 0.1) is 18.2 Å². The van der Waals surface area contributed by atoms with Crippen LogP contribution >= 0.6 is 0 Å². The van der Waals surface area contributed by atoms with Gasteiger partial charge in [0.2, 0.25) is 5.56 Å². The fourth-order valence-electron chi connectivity index (χ4n) is 5.91. The van der Waals surface area contributed by atoms with Gasteiger partial charge in [-0.2, -0.15) is 13.2 Å². The van der Waals surface area contributed by atoms with Crippen LogP contribution in [0, 0.1) is 6.92 Å². The van der Waals surface area contributed by atoms with Crippen LogP contribution in [0.2, 0.25) is 0 Å². The zero-order valence-corrected chi connectivity index (χ0v) is 23.4. The lowest BCUT2D eigenvalue weighted by Crippen LogP contribution is -2.25. The third-order valence-electron chi connectivity index (χ3n) is 7.88. The normalized spacial score (nSPS) is 12.9. The molecule has 0 aliphatic heterocycles. The molecule has 2 heterocycles. The average Bonchev–Trinajstić information content (AvgIpc) is 3.21. The summed E-state index contributed by atoms with van der Waals surface area (Å²) in [6.45, 7) is 5.64. The minimum Gasteiger partial charge on any atom is -0.394 e. The Bertz CT molecular complexity index is 1460. The zero-order valence-electron chi connectivity index (χ0n) is 23.4. The Labute approximate surface area is 233 Å². The monoisotopic (exact) mass is 555 g/mol. The van der Waals surface area contributed by atoms with Gasteiger partial charge in [-0.3, -0.25) is 4.79 Å². The Morgan fingerprint density at radius 3 is 2.27 bits per heavy atom. The molecule has 0 bridgehead atoms. The molecule has 0 aliphatic carbocycles. The van der Waals surface area contributed by atoms with Crippen LogP contribution in [-0.2, 0) is 19.1 Å². The molecule has 4 rings (SSSR count). The summed E-state index contributed by atoms with van der Waals surface area (Å²) in [5.41, 5.74) is 2.40. The van der Waals surface area contributed by atoms with Gasteiger partial charge in [0, 0.05) is 40.1 Å². The van der Waals surface area contributed by atoms with Gasteiger partial charge < -0.3 is 20.0 Å². The van der Waals surface area contributed by atoms with Gasteiger partial charge >= 0.3 is 6.18 Å². The lowest BCUT2D eigenvalue weighted by atomic mass is 10.0. The number of H-pyrrole nitrogens is 1. The Balaban J connectivity index is 1.30. The van der Waals surface area contributed by atoms with E-state index in [1.54, 1.807) is 6.07 Å². The second-order valence-electron chi connectivity index (χ2n) is 10.6. The number of fused-ring (bicyclic) bond motifs is 3. The summed E-state index contributed by atoms with van der Waals surface area (Å²) in [6.07, 6.45) is 3.78. The van der Waals surface area contributed by atoms with E-state index in [4.69, 9.17) is 0 Å². The second-order valence-corrected chi connectivity index (χ2v) is 10.6. The molecule has 0 aliphatic rings. The van der Waals surface area contributed by atoms with E-state index in [1.807, 2.05) is 50.2 Å². The van der Waals surface area contributed by atoms with Crippen LogP contribution in [0.4, 0.5) is 13.2 Å². The van der Waals surface area contributed by atoms with Gasteiger partial charge in [-0.05, 0) is 56.0 Å². The molecular weight excluding hydrogens is 515 g/mol. The summed E-state index contributed by atoms with van der Waals surface area (Å²) in [5.74, 6) is 0. The van der Waals surface area contributed by atoms with Crippen molar-refractivity contribution >= 4 is 21.8 Å². The predicted octanol–water partition coefficient (Wildman–Crippen LogP) is 7.43. The van der Waals surface area contributed by atoms with Gasteiger partial charge in [-0.1, -0.05) is 69.4 Å². The van der Waals surface area contributed by atoms with Crippen LogP contribution in [0.25, 0.3) is 21.8 Å². The molecule has 4 aromatic rings. The fraction of sp³-hybridized carbons (Fsp3) is 0.469. The van der Waals surface area contributed by atoms with Gasteiger partial charge in [0.25, 0.3) is 0 Å². The van der Waals surface area contributed by atoms with Crippen LogP contribution in [0.15, 0.2) is 53.3 Å². The fourth-order valence-corrected chi connectivity index (χ4v) is 5.91. The lowest BCUT2D eigenvalue weighted by molar-refractivity contribution is -0.136. The minimum absolute atomic E-state index is 0.0251. The van der Waals surface area contributed by atoms with E-state index < -0.39 is 17.3 Å². The van der Waals surface area contributed by atoms with Crippen molar-refractivity contribution in [1.29, 1.82) is 0 Å². The number of aromatic amines is 1. The summed E-state index contributed by atoms with van der Waals surface area (Å²) in [6, 6.07) is 14.1. The standard InChI is InChI=1S/C32H40F3N3O2/c1-3-27-22(2)30-28(17-16-25-31(30)24(32(33,34)35)20-29(40)37-25)38(27)19-13-8-6-4-5-7-12-18-36-26(21-39)23-14-10-9-11-15-23/h9-11,14-17,20,26,36,39H,3-8,12-13,18-19,21H2,1-2H3,(H,37,40)/t26-/m0/s1. The number of alkyl halides is 3. The molecule has 0 fully saturated rings. The van der Waals surface area contributed by atoms with Gasteiger partial charge in [0.1, 0.15) is 0 Å². The van der Waals surface area contributed by atoms with Crippen molar-refractivity contribution in [1.82, 2.24) is 14.9 Å². The Kier molecular flexibility index (Phi) is 10.1. The quantitative estimate of drug-likeness (QED) is 0.142. The van der Waals surface area contributed by atoms with E-state index in [0.29, 0.717) is 11.5 Å². The summed E-state index contributed by atoms with van der Waals surface area (Å²) in [5, 5.41) is 13.8. The Morgan fingerprint density at radius 1 is 0.950 bits per heavy atom. The highest BCUT2D eigenvalue weighted by Crippen LogP contribution is 2.39. The van der Waals surface area contributed by atoms with Crippen LogP contribution in [0.1, 0.15) is 80.3 Å². The van der Waals surface area contributed by atoms with E-state index in [0.717, 1.165) is 86.8 Å². The molecule has 8 heteroatoms. The highest BCUT2D eigenvalue weighted by atomic mass is 19.4. The number of halogens is 3. The first kappa shape index (κ1) is 29.9. The van der Waals surface area contributed by atoms with Crippen LogP contribution in [0.5, 0.6) is 0 Å². The SMILES string of the molecule is CCc1c(C)c2c3c(C(F)(F)F)cc(=O)[nH]c3ccc2n1CCCCCCCCCN[C@@H](CO)c1ccccc1. The maximum absolute atomic E-state index is 13.9. The predicted molar refractivity (Wildman–Crippen MR) is 156 cm³/mol. The number of nitrogens with one attached hydrogen (secondary N) is 2. The molecule has 2 aromatic carbocycles. The molecular formula is C32H40F3N3O2. The third kappa shape index (κ3) is 6.78.